The molecule has 0 aromatic heterocycles. The smallest absolute Gasteiger partial charge is 0.0194 e. The zero-order valence-electron chi connectivity index (χ0n) is 18.9. The molecule has 0 N–H and O–H groups in total. The third kappa shape index (κ3) is 0. The molecule has 0 heteroatoms. The van der Waals surface area contributed by atoms with Crippen molar-refractivity contribution in [3.8, 4) is 0 Å². The van der Waals surface area contributed by atoms with Crippen LogP contribution in [-0.4, -0.2) is 0 Å². The van der Waals surface area contributed by atoms with E-state index in [0.29, 0.717) is 0 Å². The molecule has 0 saturated carbocycles. The van der Waals surface area contributed by atoms with Crippen LogP contribution in [0.2, 0.25) is 0 Å². The molecule has 0 nitrogen and oxygen atoms in total. The van der Waals surface area contributed by atoms with Gasteiger partial charge in [-0.15, -0.1) is 0 Å². The summed E-state index contributed by atoms with van der Waals surface area (Å²) in [6.45, 7) is 0. The molecule has 0 aliphatic heterocycles. The van der Waals surface area contributed by atoms with Crippen molar-refractivity contribution < 1.29 is 19.2 Å². The normalized spacial score (nSPS) is 10.0. The van der Waals surface area contributed by atoms with Crippen LogP contribution >= 0.6 is 0 Å². The van der Waals surface area contributed by atoms with Gasteiger partial charge in [0.2, 0.25) is 0 Å². The van der Waals surface area contributed by atoms with E-state index in [1.807, 2.05) is 0 Å². The van der Waals surface area contributed by atoms with Crippen molar-refractivity contribution in [3.05, 3.63) is 0 Å². The summed E-state index contributed by atoms with van der Waals surface area (Å²) in [4.78, 5) is 0. The Hall–Kier alpha value is 0. The van der Waals surface area contributed by atoms with E-state index in [9.17, 15) is 0 Å². The average Bonchev–Trinajstić information content (AvgIpc) is 2.35. The molecule has 0 aliphatic carbocycles. The monoisotopic (exact) mass is 253 g/mol. The van der Waals surface area contributed by atoms with E-state index in [1.165, 1.54) is 0 Å². The molecule has 0 unspecified atom stereocenters. The van der Waals surface area contributed by atoms with Crippen LogP contribution in [0.3, 0.4) is 0 Å². The Morgan fingerprint density at radius 2 is 0.286 bits per heavy atom. The summed E-state index contributed by atoms with van der Waals surface area (Å²) < 4.78 is 82.2. The predicted molar refractivity (Wildman–Crippen MR) is 94.2 cm³/mol. The molecule has 0 amide bonds. The average molecular weight is 253 g/mol. The molecular formula is C14H56. The highest BCUT2D eigenvalue weighted by atomic mass is 12.0. The van der Waals surface area contributed by atoms with Crippen LogP contribution in [0.1, 0.15) is 123 Å². The minimum Gasteiger partial charge on any atom is -0.0776 e. The highest BCUT2D eigenvalue weighted by molar-refractivity contribution is 2.52. The first-order valence-electron chi connectivity index (χ1n) is 9.90. The molecule has 0 atom stereocenters. The molecule has 0 aliphatic rings. The summed E-state index contributed by atoms with van der Waals surface area (Å²) >= 11 is 0. The Morgan fingerprint density at radius 3 is 0.286 bits per heavy atom. The molecule has 0 aromatic rings. The highest BCUT2D eigenvalue weighted by Gasteiger charge is -0.0646. The van der Waals surface area contributed by atoms with Gasteiger partial charge < -0.3 is 0 Å². The first kappa shape index (κ1) is 12.1. The Kier molecular flexibility index (Phi) is 0. The Bertz CT molecular complexity index is 47.7. The summed E-state index contributed by atoms with van der Waals surface area (Å²) in [5.41, 5.74) is 0. The summed E-state index contributed by atoms with van der Waals surface area (Å²) in [5.74, 6) is 0. The van der Waals surface area contributed by atoms with Gasteiger partial charge in [0.05, 0.1) is 0 Å². The molecular weight excluding hydrogens is 168 g/mol. The molecule has 0 bridgehead atoms. The summed E-state index contributed by atoms with van der Waals surface area (Å²) in [5, 5.41) is 0. The molecule has 0 heterocycles. The predicted octanol–water partition coefficient (Wildman–Crippen LogP) is 8.91. The summed E-state index contributed by atoms with van der Waals surface area (Å²) in [6.07, 6.45) is 0. The first-order valence-corrected chi connectivity index (χ1v) is 0. The van der Waals surface area contributed by atoms with E-state index < -0.39 is 0 Å². The molecule has 112 valence electrons. The second kappa shape index (κ2) is 0. The van der Waals surface area contributed by atoms with Crippen LogP contribution < -0.4 is 0 Å². The van der Waals surface area contributed by atoms with Crippen molar-refractivity contribution in [1.82, 2.24) is 0 Å². The maximum atomic E-state index is 5.88. The van der Waals surface area contributed by atoms with Crippen LogP contribution in [0.4, 0.5) is 0 Å². The van der Waals surface area contributed by atoms with Gasteiger partial charge in [0, 0.05) is 19.2 Å². The molecule has 0 rings (SSSR count). The van der Waals surface area contributed by atoms with Crippen molar-refractivity contribution in [2.24, 2.45) is 0 Å². The van der Waals surface area contributed by atoms with Gasteiger partial charge in [-0.3, -0.25) is 0 Å². The third-order valence-corrected chi connectivity index (χ3v) is 0. The number of hydrogen-bond donors (Lipinski definition) is 0. The molecule has 0 radical (unpaired) electrons. The van der Waals surface area contributed by atoms with E-state index in [-0.39, 0.29) is 104 Å². The molecule has 14 heavy (non-hydrogen) atoms. The summed E-state index contributed by atoms with van der Waals surface area (Å²) in [7, 11) is -1.75. The fraction of sp³-hybridized carbons (Fsp3) is 1.00. The fourth-order valence-electron chi connectivity index (χ4n) is 0. The lowest BCUT2D eigenvalue weighted by atomic mass is 12.0. The van der Waals surface area contributed by atoms with Gasteiger partial charge in [0.25, 0.3) is 0 Å². The second-order valence-electron chi connectivity index (χ2n) is 0. The third-order valence-electron chi connectivity index (χ3n) is 0. The quantitative estimate of drug-likeness (QED) is 0.404. The van der Waals surface area contributed by atoms with Gasteiger partial charge in [0.15, 0.2) is 0 Å². The van der Waals surface area contributed by atoms with Gasteiger partial charge in [-0.05, 0) is 0 Å². The van der Waals surface area contributed by atoms with Crippen molar-refractivity contribution >= 4 is 0 Å². The van der Waals surface area contributed by atoms with Crippen molar-refractivity contribution in [1.29, 1.82) is 0 Å². The number of rotatable bonds is 0. The van der Waals surface area contributed by atoms with Crippen molar-refractivity contribution in [2.45, 2.75) is 104 Å². The standard InChI is InChI=1S/14CH4/h14*1H4/i7*1T2;;;;;;;. The lowest BCUT2D eigenvalue weighted by molar-refractivity contribution is 2.50. The molecule has 0 aromatic carbocycles. The van der Waals surface area contributed by atoms with Crippen LogP contribution in [0.25, 0.3) is 0 Å². The van der Waals surface area contributed by atoms with E-state index in [4.69, 9.17) is 19.2 Å². The van der Waals surface area contributed by atoms with Crippen LogP contribution in [-0.2, 0) is 0 Å². The molecule has 0 spiro atoms. The van der Waals surface area contributed by atoms with Gasteiger partial charge >= 0.3 is 0 Å². The van der Waals surface area contributed by atoms with E-state index >= 15 is 0 Å². The second-order valence-corrected chi connectivity index (χ2v) is 0. The first-order chi connectivity index (χ1) is 9.90. The fourth-order valence-corrected chi connectivity index (χ4v) is 0. The van der Waals surface area contributed by atoms with Gasteiger partial charge in [-0.25, -0.2) is 0 Å². The maximum Gasteiger partial charge on any atom is 0.0194 e. The highest BCUT2D eigenvalue weighted by Crippen LogP contribution is 0.157. The van der Waals surface area contributed by atoms with E-state index in [2.05, 4.69) is 0 Å². The van der Waals surface area contributed by atoms with E-state index in [1.54, 1.807) is 0 Å². The zero-order chi connectivity index (χ0) is 18.9. The van der Waals surface area contributed by atoms with Gasteiger partial charge in [-0.2, -0.15) is 0 Å². The SMILES string of the molecule is C.C.C.C.C.C.C.[3H]C[3H].[3H]C[3H].[3H]C[3H].[3H]C[3H].[3H]C[3H].[3H]C[3H].[3H]C[3H]. The summed E-state index contributed by atoms with van der Waals surface area (Å²) in [6, 6.07) is 0. The maximum absolute atomic E-state index is 5.88. The topological polar surface area (TPSA) is 0 Å². The largest absolute Gasteiger partial charge is 0.0776 e. The minimum atomic E-state index is -0.250. The molecule has 0 saturated heterocycles. The Labute approximate surface area is 124 Å². The van der Waals surface area contributed by atoms with Crippen LogP contribution in [0, 0.1) is 0 Å². The lowest BCUT2D eigenvalue weighted by Gasteiger charge is -0.0786. The van der Waals surface area contributed by atoms with Gasteiger partial charge in [0.1, 0.15) is 0 Å². The zero-order valence-corrected chi connectivity index (χ0v) is 4.95. The minimum absolute atomic E-state index is 0. The Balaban J connectivity index is -0.00000000653. The van der Waals surface area contributed by atoms with Crippen molar-refractivity contribution in [3.63, 3.8) is 0 Å². The van der Waals surface area contributed by atoms with Crippen LogP contribution in [0.15, 0.2) is 0 Å². The number of hydrogen-bond acceptors (Lipinski definition) is 0. The van der Waals surface area contributed by atoms with Crippen molar-refractivity contribution in [2.75, 3.05) is 0 Å². The van der Waals surface area contributed by atoms with Crippen LogP contribution in [0.5, 0.6) is 0 Å². The Morgan fingerprint density at radius 1 is 0.286 bits per heavy atom. The lowest BCUT2D eigenvalue weighted by Crippen LogP contribution is 0.143. The van der Waals surface area contributed by atoms with Gasteiger partial charge in [-0.1, -0.05) is 104 Å². The van der Waals surface area contributed by atoms with E-state index in [0.717, 1.165) is 0 Å². The molecule has 0 fully saturated rings.